The molecule has 1 aliphatic carbocycles. The molecule has 10 aromatic carbocycles. The van der Waals surface area contributed by atoms with Crippen LogP contribution in [-0.4, -0.2) is 0 Å². The van der Waals surface area contributed by atoms with Gasteiger partial charge in [0.15, 0.2) is 0 Å². The SMILES string of the molecule is CC1(C)c2cc(-c3c4ccccc4c(-c4ccc(-c5ccccc5)c5ccccc45)c4ccccc34)ccc2-c2cc3oc4ccc5ccccc5c4c3cc21. The van der Waals surface area contributed by atoms with E-state index in [-0.39, 0.29) is 5.41 Å². The first-order valence-corrected chi connectivity index (χ1v) is 19.6. The van der Waals surface area contributed by atoms with Gasteiger partial charge in [-0.1, -0.05) is 172 Å². The Morgan fingerprint density at radius 1 is 0.339 bits per heavy atom. The minimum absolute atomic E-state index is 0.200. The first-order valence-electron chi connectivity index (χ1n) is 19.6. The van der Waals surface area contributed by atoms with Gasteiger partial charge >= 0.3 is 0 Å². The van der Waals surface area contributed by atoms with E-state index in [2.05, 4.69) is 196 Å². The summed E-state index contributed by atoms with van der Waals surface area (Å²) < 4.78 is 6.56. The van der Waals surface area contributed by atoms with Crippen molar-refractivity contribution in [1.82, 2.24) is 0 Å². The van der Waals surface area contributed by atoms with Crippen LogP contribution in [0.1, 0.15) is 25.0 Å². The average Bonchev–Trinajstić information content (AvgIpc) is 3.73. The van der Waals surface area contributed by atoms with Crippen LogP contribution in [0.15, 0.2) is 186 Å². The first kappa shape index (κ1) is 31.4. The molecule has 56 heavy (non-hydrogen) atoms. The fourth-order valence-corrected chi connectivity index (χ4v) is 10.0. The molecule has 262 valence electrons. The van der Waals surface area contributed by atoms with Gasteiger partial charge in [0.25, 0.3) is 0 Å². The Morgan fingerprint density at radius 2 is 0.893 bits per heavy atom. The Hall–Kier alpha value is -6.96. The van der Waals surface area contributed by atoms with Gasteiger partial charge in [-0.25, -0.2) is 0 Å². The number of hydrogen-bond acceptors (Lipinski definition) is 1. The monoisotopic (exact) mass is 712 g/mol. The highest BCUT2D eigenvalue weighted by Crippen LogP contribution is 2.53. The van der Waals surface area contributed by atoms with Crippen molar-refractivity contribution in [2.24, 2.45) is 0 Å². The van der Waals surface area contributed by atoms with Crippen LogP contribution in [0.5, 0.6) is 0 Å². The molecular formula is C55H36O. The molecular weight excluding hydrogens is 677 g/mol. The highest BCUT2D eigenvalue weighted by molar-refractivity contribution is 6.24. The second-order valence-corrected chi connectivity index (χ2v) is 16.0. The molecule has 0 atom stereocenters. The van der Waals surface area contributed by atoms with E-state index in [9.17, 15) is 0 Å². The van der Waals surface area contributed by atoms with Gasteiger partial charge in [0.05, 0.1) is 0 Å². The molecule has 0 bridgehead atoms. The number of hydrogen-bond donors (Lipinski definition) is 0. The van der Waals surface area contributed by atoms with Crippen molar-refractivity contribution in [2.75, 3.05) is 0 Å². The Kier molecular flexibility index (Phi) is 6.46. The van der Waals surface area contributed by atoms with E-state index in [1.54, 1.807) is 0 Å². The molecule has 0 radical (unpaired) electrons. The lowest BCUT2D eigenvalue weighted by Crippen LogP contribution is -2.15. The molecule has 0 fully saturated rings. The van der Waals surface area contributed by atoms with E-state index < -0.39 is 0 Å². The summed E-state index contributed by atoms with van der Waals surface area (Å²) in [5.41, 5.74) is 14.5. The zero-order valence-corrected chi connectivity index (χ0v) is 31.2. The van der Waals surface area contributed by atoms with E-state index in [1.165, 1.54) is 109 Å². The average molecular weight is 713 g/mol. The summed E-state index contributed by atoms with van der Waals surface area (Å²) in [5, 5.41) is 12.5. The number of furan rings is 1. The maximum atomic E-state index is 6.56. The Balaban J connectivity index is 1.08. The maximum absolute atomic E-state index is 6.56. The highest BCUT2D eigenvalue weighted by atomic mass is 16.3. The van der Waals surface area contributed by atoms with Crippen LogP contribution in [0.25, 0.3) is 110 Å². The summed E-state index contributed by atoms with van der Waals surface area (Å²) in [6.45, 7) is 4.77. The van der Waals surface area contributed by atoms with E-state index in [0.29, 0.717) is 0 Å². The van der Waals surface area contributed by atoms with Crippen molar-refractivity contribution in [3.8, 4) is 44.5 Å². The normalized spacial score (nSPS) is 13.3. The maximum Gasteiger partial charge on any atom is 0.136 e. The minimum atomic E-state index is -0.200. The summed E-state index contributed by atoms with van der Waals surface area (Å²) >= 11 is 0. The highest BCUT2D eigenvalue weighted by Gasteiger charge is 2.37. The topological polar surface area (TPSA) is 13.1 Å². The van der Waals surface area contributed by atoms with Gasteiger partial charge in [-0.2, -0.15) is 0 Å². The van der Waals surface area contributed by atoms with E-state index in [0.717, 1.165) is 11.2 Å². The molecule has 0 saturated heterocycles. The van der Waals surface area contributed by atoms with Crippen LogP contribution in [0, 0.1) is 0 Å². The van der Waals surface area contributed by atoms with Crippen LogP contribution in [0.3, 0.4) is 0 Å². The molecule has 1 aliphatic rings. The van der Waals surface area contributed by atoms with E-state index >= 15 is 0 Å². The molecule has 12 rings (SSSR count). The van der Waals surface area contributed by atoms with Crippen molar-refractivity contribution in [3.63, 3.8) is 0 Å². The number of fused-ring (bicyclic) bond motifs is 11. The van der Waals surface area contributed by atoms with E-state index in [4.69, 9.17) is 4.42 Å². The molecule has 11 aromatic rings. The molecule has 1 nitrogen and oxygen atoms in total. The van der Waals surface area contributed by atoms with Gasteiger partial charge in [0.1, 0.15) is 11.2 Å². The fraction of sp³-hybridized carbons (Fsp3) is 0.0545. The van der Waals surface area contributed by atoms with Crippen molar-refractivity contribution in [1.29, 1.82) is 0 Å². The Bertz CT molecular complexity index is 3380. The Morgan fingerprint density at radius 3 is 1.61 bits per heavy atom. The summed E-state index contributed by atoms with van der Waals surface area (Å²) in [5.74, 6) is 0. The third kappa shape index (κ3) is 4.31. The van der Waals surface area contributed by atoms with Crippen molar-refractivity contribution in [2.45, 2.75) is 19.3 Å². The lowest BCUT2D eigenvalue weighted by molar-refractivity contribution is 0.658. The molecule has 1 heterocycles. The summed E-state index contributed by atoms with van der Waals surface area (Å²) in [4.78, 5) is 0. The van der Waals surface area contributed by atoms with Crippen molar-refractivity contribution in [3.05, 3.63) is 193 Å². The number of rotatable bonds is 3. The number of benzene rings is 10. The molecule has 0 N–H and O–H groups in total. The summed E-state index contributed by atoms with van der Waals surface area (Å²) in [7, 11) is 0. The molecule has 0 amide bonds. The summed E-state index contributed by atoms with van der Waals surface area (Å²) in [6.07, 6.45) is 0. The summed E-state index contributed by atoms with van der Waals surface area (Å²) in [6, 6.07) is 67.1. The lowest BCUT2D eigenvalue weighted by Gasteiger charge is -2.23. The molecule has 0 spiro atoms. The van der Waals surface area contributed by atoms with Gasteiger partial charge < -0.3 is 4.42 Å². The molecule has 1 heteroatoms. The fourth-order valence-electron chi connectivity index (χ4n) is 10.0. The quantitative estimate of drug-likeness (QED) is 0.166. The van der Waals surface area contributed by atoms with Gasteiger partial charge in [0, 0.05) is 16.2 Å². The minimum Gasteiger partial charge on any atom is -0.456 e. The van der Waals surface area contributed by atoms with Crippen LogP contribution >= 0.6 is 0 Å². The predicted octanol–water partition coefficient (Wildman–Crippen LogP) is 15.5. The molecule has 0 unspecified atom stereocenters. The van der Waals surface area contributed by atoms with Crippen LogP contribution in [0.2, 0.25) is 0 Å². The largest absolute Gasteiger partial charge is 0.456 e. The van der Waals surface area contributed by atoms with Crippen LogP contribution in [0.4, 0.5) is 0 Å². The predicted molar refractivity (Wildman–Crippen MR) is 238 cm³/mol. The second kappa shape index (κ2) is 11.5. The lowest BCUT2D eigenvalue weighted by atomic mass is 9.80. The third-order valence-electron chi connectivity index (χ3n) is 12.7. The van der Waals surface area contributed by atoms with Gasteiger partial charge in [-0.05, 0) is 123 Å². The molecule has 0 saturated carbocycles. The smallest absolute Gasteiger partial charge is 0.136 e. The zero-order valence-electron chi connectivity index (χ0n) is 31.2. The molecule has 0 aliphatic heterocycles. The molecule has 1 aromatic heterocycles. The van der Waals surface area contributed by atoms with Crippen LogP contribution < -0.4 is 0 Å². The third-order valence-corrected chi connectivity index (χ3v) is 12.7. The van der Waals surface area contributed by atoms with E-state index in [1.807, 2.05) is 0 Å². The first-order chi connectivity index (χ1) is 27.5. The Labute approximate surface area is 325 Å². The van der Waals surface area contributed by atoms with Gasteiger partial charge in [-0.3, -0.25) is 0 Å². The van der Waals surface area contributed by atoms with Gasteiger partial charge in [-0.15, -0.1) is 0 Å². The van der Waals surface area contributed by atoms with Crippen molar-refractivity contribution >= 4 is 65.0 Å². The van der Waals surface area contributed by atoms with Crippen LogP contribution in [-0.2, 0) is 5.41 Å². The zero-order chi connectivity index (χ0) is 37.1. The van der Waals surface area contributed by atoms with Gasteiger partial charge in [0.2, 0.25) is 0 Å². The van der Waals surface area contributed by atoms with Crippen molar-refractivity contribution < 1.29 is 4.42 Å². The standard InChI is InChI=1S/C55H36O/c1-55(2)48-30-35(24-26-40(48)46-32-51-47(31-49(46)55)54-37-17-7-6-16-34(37)25-29-50(54)56-51)52-41-20-10-12-22-43(41)53(44-23-13-11-21-42(44)52)45-28-27-36(33-14-4-3-5-15-33)38-18-8-9-19-39(38)45/h3-32H,1-2H3. The second-order valence-electron chi connectivity index (χ2n) is 16.0.